The quantitative estimate of drug-likeness (QED) is 0.110. The van der Waals surface area contributed by atoms with Gasteiger partial charge in [0.25, 0.3) is 0 Å². The highest BCUT2D eigenvalue weighted by molar-refractivity contribution is 5.96. The van der Waals surface area contributed by atoms with Crippen molar-refractivity contribution in [2.75, 3.05) is 19.8 Å². The fraction of sp³-hybridized carbons (Fsp3) is 0.485. The number of hydrogen-bond donors (Lipinski definition) is 2. The van der Waals surface area contributed by atoms with Gasteiger partial charge in [0.1, 0.15) is 25.6 Å². The molecule has 43 heavy (non-hydrogen) atoms. The molecule has 2 aliphatic rings. The molecule has 0 bridgehead atoms. The Morgan fingerprint density at radius 2 is 1.74 bits per heavy atom. The first-order valence-electron chi connectivity index (χ1n) is 14.6. The third-order valence-electron chi connectivity index (χ3n) is 7.12. The predicted molar refractivity (Wildman–Crippen MR) is 160 cm³/mol. The van der Waals surface area contributed by atoms with Crippen LogP contribution in [0.1, 0.15) is 59.8 Å². The van der Waals surface area contributed by atoms with Gasteiger partial charge in [-0.15, -0.1) is 0 Å². The molecular weight excluding hydrogens is 554 g/mol. The summed E-state index contributed by atoms with van der Waals surface area (Å²) < 4.78 is 16.0. The molecule has 0 spiro atoms. The topological polar surface area (TPSA) is 145 Å². The van der Waals surface area contributed by atoms with Gasteiger partial charge >= 0.3 is 17.9 Å². The van der Waals surface area contributed by atoms with E-state index < -0.39 is 35.8 Å². The van der Waals surface area contributed by atoms with Gasteiger partial charge in [-0.1, -0.05) is 53.0 Å². The molecular formula is C33H43NO9. The number of ketones is 2. The Bertz CT molecular complexity index is 1240. The standard InChI is InChI=1S/C33H43NO9/c1-7-28(35)20(4)17-41-31(38)23-10-12-26(13-11-23)34-27-15-24(32(39)42-18-21(5)29(36)8-2)14-25(16-27)33(40)43-19-22(6)30(37)9-3/h10-12,15-16,22,24,26,29,34,36H,4-5,7-9,13-14,17-19H2,1-3,6H3. The van der Waals surface area contributed by atoms with Crippen LogP contribution in [0, 0.1) is 11.8 Å². The molecule has 2 rings (SSSR count). The fourth-order valence-electron chi connectivity index (χ4n) is 4.24. The van der Waals surface area contributed by atoms with E-state index in [4.69, 9.17) is 14.2 Å². The van der Waals surface area contributed by atoms with E-state index in [0.717, 1.165) is 0 Å². The lowest BCUT2D eigenvalue weighted by Gasteiger charge is -2.25. The molecule has 0 aromatic heterocycles. The van der Waals surface area contributed by atoms with Crippen molar-refractivity contribution < 1.29 is 43.3 Å². The molecule has 0 heterocycles. The largest absolute Gasteiger partial charge is 0.462 e. The monoisotopic (exact) mass is 597 g/mol. The summed E-state index contributed by atoms with van der Waals surface area (Å²) in [4.78, 5) is 61.9. The summed E-state index contributed by atoms with van der Waals surface area (Å²) in [5.41, 5.74) is 1.64. The lowest BCUT2D eigenvalue weighted by atomic mass is 9.92. The fourth-order valence-corrected chi connectivity index (χ4v) is 4.24. The second-order valence-corrected chi connectivity index (χ2v) is 10.6. The molecule has 2 aliphatic carbocycles. The first-order valence-corrected chi connectivity index (χ1v) is 14.6. The summed E-state index contributed by atoms with van der Waals surface area (Å²) >= 11 is 0. The third-order valence-corrected chi connectivity index (χ3v) is 7.12. The van der Waals surface area contributed by atoms with Crippen LogP contribution >= 0.6 is 0 Å². The number of hydrogen-bond acceptors (Lipinski definition) is 10. The highest BCUT2D eigenvalue weighted by Gasteiger charge is 2.29. The van der Waals surface area contributed by atoms with Crippen molar-refractivity contribution in [2.45, 2.75) is 71.9 Å². The van der Waals surface area contributed by atoms with Gasteiger partial charge in [-0.05, 0) is 43.1 Å². The SMILES string of the molecule is C=C(COC(=O)C1=CCC(NC2=CC(C(=O)OCC(=C)C(O)CC)CC(C(=O)OCC(C)C(=O)CC)=C2)C=C1)C(=O)CC. The molecule has 0 saturated heterocycles. The summed E-state index contributed by atoms with van der Waals surface area (Å²) in [5, 5.41) is 13.2. The van der Waals surface area contributed by atoms with E-state index >= 15 is 0 Å². The predicted octanol–water partition coefficient (Wildman–Crippen LogP) is 3.77. The zero-order valence-electron chi connectivity index (χ0n) is 25.5. The number of aliphatic hydroxyl groups excluding tert-OH is 1. The molecule has 0 amide bonds. The van der Waals surface area contributed by atoms with Gasteiger partial charge in [0.15, 0.2) is 5.78 Å². The first kappa shape index (κ1) is 35.1. The van der Waals surface area contributed by atoms with Gasteiger partial charge < -0.3 is 24.6 Å². The number of Topliss-reactive ketones (excluding diaryl/α,β-unsaturated/α-hetero) is 2. The van der Waals surface area contributed by atoms with Crippen LogP contribution in [0.5, 0.6) is 0 Å². The van der Waals surface area contributed by atoms with Gasteiger partial charge in [-0.3, -0.25) is 14.4 Å². The van der Waals surface area contributed by atoms with Crippen molar-refractivity contribution in [1.82, 2.24) is 5.32 Å². The number of allylic oxidation sites excluding steroid dienone is 1. The Morgan fingerprint density at radius 3 is 2.35 bits per heavy atom. The Kier molecular flexibility index (Phi) is 14.0. The number of aliphatic hydroxyl groups is 1. The molecule has 0 radical (unpaired) electrons. The summed E-state index contributed by atoms with van der Waals surface area (Å²) in [6.07, 6.45) is 8.97. The van der Waals surface area contributed by atoms with Crippen molar-refractivity contribution in [1.29, 1.82) is 0 Å². The minimum atomic E-state index is -0.816. The number of carbonyl (C=O) groups excluding carboxylic acids is 5. The molecule has 0 aromatic carbocycles. The van der Waals surface area contributed by atoms with Crippen LogP contribution in [-0.2, 0) is 38.2 Å². The maximum atomic E-state index is 13.0. The maximum absolute atomic E-state index is 13.0. The Hall–Kier alpha value is -4.05. The number of rotatable bonds is 17. The van der Waals surface area contributed by atoms with Gasteiger partial charge in [0, 0.05) is 41.6 Å². The molecule has 234 valence electrons. The second-order valence-electron chi connectivity index (χ2n) is 10.6. The maximum Gasteiger partial charge on any atom is 0.338 e. The number of ether oxygens (including phenoxy) is 3. The van der Waals surface area contributed by atoms with Crippen LogP contribution in [-0.4, -0.2) is 66.5 Å². The van der Waals surface area contributed by atoms with E-state index in [1.54, 1.807) is 58.1 Å². The Labute approximate surface area is 253 Å². The molecule has 10 nitrogen and oxygen atoms in total. The molecule has 4 unspecified atom stereocenters. The summed E-state index contributed by atoms with van der Waals surface area (Å²) in [6.45, 7) is 13.9. The molecule has 0 aliphatic heterocycles. The Morgan fingerprint density at radius 1 is 1.02 bits per heavy atom. The van der Waals surface area contributed by atoms with Crippen molar-refractivity contribution in [3.63, 3.8) is 0 Å². The van der Waals surface area contributed by atoms with E-state index in [2.05, 4.69) is 18.5 Å². The van der Waals surface area contributed by atoms with Crippen molar-refractivity contribution in [2.24, 2.45) is 11.8 Å². The molecule has 0 fully saturated rings. The van der Waals surface area contributed by atoms with Crippen molar-refractivity contribution >= 4 is 29.5 Å². The average molecular weight is 598 g/mol. The number of nitrogens with one attached hydrogen (secondary N) is 1. The zero-order valence-corrected chi connectivity index (χ0v) is 25.5. The van der Waals surface area contributed by atoms with Crippen LogP contribution < -0.4 is 5.32 Å². The molecule has 4 atom stereocenters. The molecule has 10 heteroatoms. The summed E-state index contributed by atoms with van der Waals surface area (Å²) in [6, 6.07) is -0.274. The van der Waals surface area contributed by atoms with E-state index in [-0.39, 0.29) is 61.4 Å². The molecule has 2 N–H and O–H groups in total. The van der Waals surface area contributed by atoms with Crippen LogP contribution in [0.25, 0.3) is 0 Å². The van der Waals surface area contributed by atoms with Crippen LogP contribution in [0.3, 0.4) is 0 Å². The van der Waals surface area contributed by atoms with E-state index in [1.165, 1.54) is 0 Å². The third kappa shape index (κ3) is 10.9. The minimum Gasteiger partial charge on any atom is -0.462 e. The van der Waals surface area contributed by atoms with Gasteiger partial charge in [-0.2, -0.15) is 0 Å². The van der Waals surface area contributed by atoms with Crippen molar-refractivity contribution in [3.8, 4) is 0 Å². The van der Waals surface area contributed by atoms with Crippen LogP contribution in [0.4, 0.5) is 0 Å². The summed E-state index contributed by atoms with van der Waals surface area (Å²) in [5.74, 6) is -3.27. The number of carbonyl (C=O) groups is 5. The molecule has 0 saturated carbocycles. The van der Waals surface area contributed by atoms with Crippen LogP contribution in [0.2, 0.25) is 0 Å². The number of esters is 3. The Balaban J connectivity index is 2.11. The zero-order chi connectivity index (χ0) is 32.1. The lowest BCUT2D eigenvalue weighted by Crippen LogP contribution is -2.31. The normalized spacial score (nSPS) is 19.0. The second kappa shape index (κ2) is 17.2. The van der Waals surface area contributed by atoms with Gasteiger partial charge in [-0.25, -0.2) is 9.59 Å². The lowest BCUT2D eigenvalue weighted by molar-refractivity contribution is -0.146. The first-order chi connectivity index (χ1) is 20.4. The van der Waals surface area contributed by atoms with Gasteiger partial charge in [0.05, 0.1) is 17.6 Å². The minimum absolute atomic E-state index is 0.0246. The van der Waals surface area contributed by atoms with E-state index in [1.807, 2.05) is 0 Å². The van der Waals surface area contributed by atoms with Crippen LogP contribution in [0.15, 0.2) is 71.5 Å². The average Bonchev–Trinajstić information content (AvgIpc) is 3.03. The highest BCUT2D eigenvalue weighted by Crippen LogP contribution is 2.26. The highest BCUT2D eigenvalue weighted by atomic mass is 16.5. The van der Waals surface area contributed by atoms with E-state index in [0.29, 0.717) is 36.1 Å². The van der Waals surface area contributed by atoms with Crippen molar-refractivity contribution in [3.05, 3.63) is 71.5 Å². The summed E-state index contributed by atoms with van der Waals surface area (Å²) in [7, 11) is 0. The van der Waals surface area contributed by atoms with Gasteiger partial charge in [0.2, 0.25) is 0 Å². The smallest absolute Gasteiger partial charge is 0.338 e. The molecule has 0 aromatic rings. The van der Waals surface area contributed by atoms with E-state index in [9.17, 15) is 29.1 Å².